The highest BCUT2D eigenvalue weighted by molar-refractivity contribution is 5.76. The fourth-order valence-corrected chi connectivity index (χ4v) is 3.40. The van der Waals surface area contributed by atoms with Crippen molar-refractivity contribution in [3.63, 3.8) is 0 Å². The van der Waals surface area contributed by atoms with Crippen molar-refractivity contribution in [1.82, 2.24) is 9.80 Å². The largest absolute Gasteiger partial charge is 0.493 e. The van der Waals surface area contributed by atoms with E-state index in [0.29, 0.717) is 19.1 Å². The number of carbonyl (C=O) groups is 1. The summed E-state index contributed by atoms with van der Waals surface area (Å²) in [5.74, 6) is 1.01. The topological polar surface area (TPSA) is 32.8 Å². The van der Waals surface area contributed by atoms with E-state index in [2.05, 4.69) is 42.2 Å². The number of nitrogens with zero attached hydrogens (tertiary/aromatic N) is 2. The maximum Gasteiger partial charge on any atom is 0.226 e. The second-order valence-electron chi connectivity index (χ2n) is 6.87. The van der Waals surface area contributed by atoms with Crippen molar-refractivity contribution in [1.29, 1.82) is 0 Å². The molecule has 0 aliphatic carbocycles. The zero-order valence-corrected chi connectivity index (χ0v) is 15.5. The summed E-state index contributed by atoms with van der Waals surface area (Å²) in [6.45, 7) is 6.25. The number of rotatable bonds is 7. The molecule has 0 N–H and O–H groups in total. The zero-order chi connectivity index (χ0) is 18.2. The first kappa shape index (κ1) is 18.5. The van der Waals surface area contributed by atoms with Crippen LogP contribution in [0.5, 0.6) is 5.75 Å². The Kier molecular flexibility index (Phi) is 6.67. The van der Waals surface area contributed by atoms with Gasteiger partial charge in [-0.05, 0) is 31.0 Å². The Hall–Kier alpha value is -2.33. The maximum atomic E-state index is 12.4. The minimum atomic E-state index is 0.190. The van der Waals surface area contributed by atoms with Crippen LogP contribution in [0.4, 0.5) is 0 Å². The van der Waals surface area contributed by atoms with Gasteiger partial charge in [0, 0.05) is 32.2 Å². The molecule has 4 nitrogen and oxygen atoms in total. The van der Waals surface area contributed by atoms with Gasteiger partial charge in [-0.3, -0.25) is 9.69 Å². The van der Waals surface area contributed by atoms with Gasteiger partial charge in [-0.2, -0.15) is 0 Å². The van der Waals surface area contributed by atoms with Crippen LogP contribution < -0.4 is 4.74 Å². The van der Waals surface area contributed by atoms with E-state index >= 15 is 0 Å². The first-order chi connectivity index (χ1) is 12.7. The molecule has 1 heterocycles. The van der Waals surface area contributed by atoms with E-state index in [-0.39, 0.29) is 5.91 Å². The number of hydrogen-bond acceptors (Lipinski definition) is 3. The third-order valence-corrected chi connectivity index (χ3v) is 4.98. The van der Waals surface area contributed by atoms with Crippen molar-refractivity contribution in [2.24, 2.45) is 0 Å². The summed E-state index contributed by atoms with van der Waals surface area (Å²) in [4.78, 5) is 16.9. The van der Waals surface area contributed by atoms with Crippen LogP contribution in [0, 0.1) is 0 Å². The van der Waals surface area contributed by atoms with Gasteiger partial charge in [0.2, 0.25) is 5.91 Å². The van der Waals surface area contributed by atoms with Gasteiger partial charge < -0.3 is 9.64 Å². The number of carbonyl (C=O) groups excluding carboxylic acids is 1. The molecule has 1 unspecified atom stereocenters. The molecular formula is C22H28N2O2. The summed E-state index contributed by atoms with van der Waals surface area (Å²) < 4.78 is 5.65. The summed E-state index contributed by atoms with van der Waals surface area (Å²) in [7, 11) is 0. The Bertz CT molecular complexity index is 675. The van der Waals surface area contributed by atoms with Gasteiger partial charge in [0.05, 0.1) is 13.0 Å². The molecule has 138 valence electrons. The van der Waals surface area contributed by atoms with Gasteiger partial charge in [-0.15, -0.1) is 0 Å². The average molecular weight is 352 g/mol. The fourth-order valence-electron chi connectivity index (χ4n) is 3.40. The Morgan fingerprint density at radius 3 is 2.42 bits per heavy atom. The summed E-state index contributed by atoms with van der Waals surface area (Å²) >= 11 is 0. The average Bonchev–Trinajstić information content (AvgIpc) is 2.68. The fraction of sp³-hybridized carbons (Fsp3) is 0.409. The number of amides is 1. The van der Waals surface area contributed by atoms with Crippen LogP contribution in [-0.2, 0) is 11.2 Å². The quantitative estimate of drug-likeness (QED) is 0.767. The number of para-hydroxylation sites is 1. The van der Waals surface area contributed by atoms with Gasteiger partial charge in [-0.1, -0.05) is 48.5 Å². The molecule has 1 aliphatic heterocycles. The normalized spacial score (nSPS) is 17.9. The molecule has 0 spiro atoms. The van der Waals surface area contributed by atoms with Gasteiger partial charge in [-0.25, -0.2) is 0 Å². The second kappa shape index (κ2) is 9.39. The summed E-state index contributed by atoms with van der Waals surface area (Å²) in [5, 5.41) is 0. The van der Waals surface area contributed by atoms with E-state index < -0.39 is 0 Å². The van der Waals surface area contributed by atoms with E-state index in [9.17, 15) is 4.79 Å². The molecule has 1 atom stereocenters. The van der Waals surface area contributed by atoms with Gasteiger partial charge in [0.25, 0.3) is 0 Å². The van der Waals surface area contributed by atoms with Crippen LogP contribution in [0.15, 0.2) is 60.7 Å². The third kappa shape index (κ3) is 5.33. The van der Waals surface area contributed by atoms with Crippen LogP contribution in [-0.4, -0.2) is 54.5 Å². The maximum absolute atomic E-state index is 12.4. The predicted molar refractivity (Wildman–Crippen MR) is 104 cm³/mol. The standard InChI is InChI=1S/C22H28N2O2/c1-19-18-24(22(25)13-17-26-21-10-6-3-7-11-21)16-15-23(19)14-12-20-8-4-2-5-9-20/h2-11,19H,12-18H2,1H3. The number of benzene rings is 2. The molecule has 0 saturated carbocycles. The van der Waals surface area contributed by atoms with Crippen molar-refractivity contribution in [2.45, 2.75) is 25.8 Å². The highest BCUT2D eigenvalue weighted by Gasteiger charge is 2.26. The molecule has 26 heavy (non-hydrogen) atoms. The third-order valence-electron chi connectivity index (χ3n) is 4.98. The molecule has 1 saturated heterocycles. The van der Waals surface area contributed by atoms with E-state index in [1.54, 1.807) is 0 Å². The zero-order valence-electron chi connectivity index (χ0n) is 15.5. The Labute approximate surface area is 156 Å². The number of ether oxygens (including phenoxy) is 1. The lowest BCUT2D eigenvalue weighted by molar-refractivity contribution is -0.134. The van der Waals surface area contributed by atoms with Crippen molar-refractivity contribution in [3.05, 3.63) is 66.2 Å². The summed E-state index contributed by atoms with van der Waals surface area (Å²) in [6.07, 6.45) is 1.50. The van der Waals surface area contributed by atoms with Crippen molar-refractivity contribution in [2.75, 3.05) is 32.8 Å². The number of piperazine rings is 1. The van der Waals surface area contributed by atoms with Gasteiger partial charge >= 0.3 is 0 Å². The molecule has 0 aromatic heterocycles. The van der Waals surface area contributed by atoms with E-state index in [1.807, 2.05) is 35.2 Å². The molecule has 4 heteroatoms. The molecular weight excluding hydrogens is 324 g/mol. The van der Waals surface area contributed by atoms with Crippen molar-refractivity contribution < 1.29 is 9.53 Å². The Balaban J connectivity index is 1.39. The lowest BCUT2D eigenvalue weighted by Gasteiger charge is -2.40. The van der Waals surface area contributed by atoms with E-state index in [1.165, 1.54) is 5.56 Å². The first-order valence-electron chi connectivity index (χ1n) is 9.46. The minimum Gasteiger partial charge on any atom is -0.493 e. The Morgan fingerprint density at radius 2 is 1.73 bits per heavy atom. The lowest BCUT2D eigenvalue weighted by atomic mass is 10.1. The van der Waals surface area contributed by atoms with Gasteiger partial charge in [0.15, 0.2) is 0 Å². The molecule has 0 radical (unpaired) electrons. The summed E-state index contributed by atoms with van der Waals surface area (Å²) in [5.41, 5.74) is 1.37. The molecule has 1 fully saturated rings. The monoisotopic (exact) mass is 352 g/mol. The Morgan fingerprint density at radius 1 is 1.04 bits per heavy atom. The highest BCUT2D eigenvalue weighted by atomic mass is 16.5. The lowest BCUT2D eigenvalue weighted by Crippen LogP contribution is -2.54. The second-order valence-corrected chi connectivity index (χ2v) is 6.87. The van der Waals surface area contributed by atoms with Crippen molar-refractivity contribution in [3.8, 4) is 5.75 Å². The molecule has 1 amide bonds. The van der Waals surface area contributed by atoms with Crippen LogP contribution in [0.1, 0.15) is 18.9 Å². The van der Waals surface area contributed by atoms with Crippen molar-refractivity contribution >= 4 is 5.91 Å². The predicted octanol–water partition coefficient (Wildman–Crippen LogP) is 3.23. The van der Waals surface area contributed by atoms with Crippen LogP contribution >= 0.6 is 0 Å². The highest BCUT2D eigenvalue weighted by Crippen LogP contribution is 2.13. The minimum absolute atomic E-state index is 0.190. The smallest absolute Gasteiger partial charge is 0.226 e. The van der Waals surface area contributed by atoms with E-state index in [0.717, 1.165) is 38.3 Å². The molecule has 2 aromatic carbocycles. The molecule has 3 rings (SSSR count). The van der Waals surface area contributed by atoms with E-state index in [4.69, 9.17) is 4.74 Å². The first-order valence-corrected chi connectivity index (χ1v) is 9.46. The summed E-state index contributed by atoms with van der Waals surface area (Å²) in [6, 6.07) is 20.6. The molecule has 2 aromatic rings. The number of hydrogen-bond donors (Lipinski definition) is 0. The SMILES string of the molecule is CC1CN(C(=O)CCOc2ccccc2)CCN1CCc1ccccc1. The molecule has 0 bridgehead atoms. The van der Waals surface area contributed by atoms with Crippen LogP contribution in [0.25, 0.3) is 0 Å². The van der Waals surface area contributed by atoms with Crippen LogP contribution in [0.2, 0.25) is 0 Å². The molecule has 1 aliphatic rings. The van der Waals surface area contributed by atoms with Crippen LogP contribution in [0.3, 0.4) is 0 Å². The van der Waals surface area contributed by atoms with Gasteiger partial charge in [0.1, 0.15) is 5.75 Å².